The molecular weight excluding hydrogens is 236 g/mol. The fourth-order valence-corrected chi connectivity index (χ4v) is 1.55. The molecule has 18 heavy (non-hydrogen) atoms. The Morgan fingerprint density at radius 2 is 2.17 bits per heavy atom. The summed E-state index contributed by atoms with van der Waals surface area (Å²) in [6.07, 6.45) is 0. The van der Waals surface area contributed by atoms with Crippen LogP contribution in [0.3, 0.4) is 0 Å². The highest BCUT2D eigenvalue weighted by molar-refractivity contribution is 5.39. The first-order valence-corrected chi connectivity index (χ1v) is 5.39. The fourth-order valence-electron chi connectivity index (χ4n) is 1.55. The lowest BCUT2D eigenvalue weighted by molar-refractivity contribution is -0.385. The number of nitro groups is 1. The molecule has 1 aromatic heterocycles. The molecule has 2 aromatic rings. The first-order valence-electron chi connectivity index (χ1n) is 5.39. The minimum Gasteiger partial charge on any atom is -0.338 e. The molecule has 0 bridgehead atoms. The van der Waals surface area contributed by atoms with Crippen LogP contribution in [0, 0.1) is 17.0 Å². The summed E-state index contributed by atoms with van der Waals surface area (Å²) in [5.74, 6) is 1.03. The van der Waals surface area contributed by atoms with Gasteiger partial charge in [-0.25, -0.2) is 0 Å². The number of rotatable bonds is 5. The van der Waals surface area contributed by atoms with Crippen molar-refractivity contribution in [2.45, 2.75) is 20.0 Å². The third-order valence-electron chi connectivity index (χ3n) is 2.35. The highest BCUT2D eigenvalue weighted by Crippen LogP contribution is 2.17. The van der Waals surface area contributed by atoms with Crippen molar-refractivity contribution in [3.05, 3.63) is 51.7 Å². The average Bonchev–Trinajstić information content (AvgIpc) is 2.75. The number of hydrogen-bond donors (Lipinski definition) is 1. The van der Waals surface area contributed by atoms with Gasteiger partial charge in [0.2, 0.25) is 5.89 Å². The molecule has 0 atom stereocenters. The van der Waals surface area contributed by atoms with Crippen LogP contribution in [-0.2, 0) is 13.1 Å². The molecule has 0 aliphatic carbocycles. The van der Waals surface area contributed by atoms with E-state index in [0.29, 0.717) is 30.4 Å². The molecule has 0 aliphatic heterocycles. The SMILES string of the molecule is Cc1noc(CNCc2ccccc2[N+](=O)[O-])n1. The van der Waals surface area contributed by atoms with E-state index in [1.165, 1.54) is 6.07 Å². The molecule has 0 fully saturated rings. The van der Waals surface area contributed by atoms with Gasteiger partial charge in [0.15, 0.2) is 5.82 Å². The predicted molar refractivity (Wildman–Crippen MR) is 62.7 cm³/mol. The van der Waals surface area contributed by atoms with E-state index in [0.717, 1.165) is 0 Å². The van der Waals surface area contributed by atoms with Crippen molar-refractivity contribution >= 4 is 5.69 Å². The maximum atomic E-state index is 10.8. The number of aryl methyl sites for hydroxylation is 1. The number of hydrogen-bond acceptors (Lipinski definition) is 6. The van der Waals surface area contributed by atoms with Gasteiger partial charge in [-0.05, 0) is 6.92 Å². The molecule has 0 amide bonds. The van der Waals surface area contributed by atoms with Crippen LogP contribution in [0.1, 0.15) is 17.3 Å². The highest BCUT2D eigenvalue weighted by atomic mass is 16.6. The second-order valence-corrected chi connectivity index (χ2v) is 3.72. The number of nitrogens with one attached hydrogen (secondary N) is 1. The van der Waals surface area contributed by atoms with E-state index in [1.54, 1.807) is 25.1 Å². The van der Waals surface area contributed by atoms with Gasteiger partial charge in [-0.1, -0.05) is 23.4 Å². The van der Waals surface area contributed by atoms with Crippen molar-refractivity contribution in [3.8, 4) is 0 Å². The van der Waals surface area contributed by atoms with Crippen LogP contribution in [0.15, 0.2) is 28.8 Å². The van der Waals surface area contributed by atoms with Crippen molar-refractivity contribution in [2.75, 3.05) is 0 Å². The second kappa shape index (κ2) is 5.37. The lowest BCUT2D eigenvalue weighted by atomic mass is 10.2. The maximum absolute atomic E-state index is 10.8. The molecule has 0 spiro atoms. The number of nitrogens with zero attached hydrogens (tertiary/aromatic N) is 3. The summed E-state index contributed by atoms with van der Waals surface area (Å²) in [6, 6.07) is 6.60. The lowest BCUT2D eigenvalue weighted by Gasteiger charge is -2.02. The fraction of sp³-hybridized carbons (Fsp3) is 0.273. The smallest absolute Gasteiger partial charge is 0.273 e. The summed E-state index contributed by atoms with van der Waals surface area (Å²) < 4.78 is 4.92. The summed E-state index contributed by atoms with van der Waals surface area (Å²) in [7, 11) is 0. The minimum atomic E-state index is -0.395. The van der Waals surface area contributed by atoms with Gasteiger partial charge in [0, 0.05) is 18.2 Å². The summed E-state index contributed by atoms with van der Waals surface area (Å²) in [4.78, 5) is 14.4. The zero-order valence-electron chi connectivity index (χ0n) is 9.79. The van der Waals surface area contributed by atoms with E-state index in [1.807, 2.05) is 0 Å². The van der Waals surface area contributed by atoms with Gasteiger partial charge < -0.3 is 9.84 Å². The number of para-hydroxylation sites is 1. The van der Waals surface area contributed by atoms with E-state index in [-0.39, 0.29) is 5.69 Å². The Bertz CT molecular complexity index is 553. The van der Waals surface area contributed by atoms with Crippen LogP contribution in [0.4, 0.5) is 5.69 Å². The monoisotopic (exact) mass is 248 g/mol. The van der Waals surface area contributed by atoms with E-state index in [2.05, 4.69) is 15.5 Å². The van der Waals surface area contributed by atoms with Crippen LogP contribution in [0.25, 0.3) is 0 Å². The normalized spacial score (nSPS) is 10.5. The van der Waals surface area contributed by atoms with Crippen molar-refractivity contribution < 1.29 is 9.45 Å². The van der Waals surface area contributed by atoms with Gasteiger partial charge in [0.25, 0.3) is 5.69 Å². The summed E-state index contributed by atoms with van der Waals surface area (Å²) in [5.41, 5.74) is 0.727. The first kappa shape index (κ1) is 12.2. The molecule has 1 aromatic carbocycles. The van der Waals surface area contributed by atoms with Crippen molar-refractivity contribution in [2.24, 2.45) is 0 Å². The summed E-state index contributed by atoms with van der Waals surface area (Å²) in [6.45, 7) is 2.49. The molecule has 0 saturated carbocycles. The Hall–Kier alpha value is -2.28. The van der Waals surface area contributed by atoms with Gasteiger partial charge in [0.1, 0.15) is 0 Å². The molecule has 7 nitrogen and oxygen atoms in total. The number of nitro benzene ring substituents is 1. The van der Waals surface area contributed by atoms with E-state index in [4.69, 9.17) is 4.52 Å². The Kier molecular flexibility index (Phi) is 3.63. The largest absolute Gasteiger partial charge is 0.338 e. The third-order valence-corrected chi connectivity index (χ3v) is 2.35. The second-order valence-electron chi connectivity index (χ2n) is 3.72. The van der Waals surface area contributed by atoms with Crippen LogP contribution < -0.4 is 5.32 Å². The van der Waals surface area contributed by atoms with Crippen molar-refractivity contribution in [1.29, 1.82) is 0 Å². The third kappa shape index (κ3) is 2.89. The Morgan fingerprint density at radius 1 is 1.39 bits per heavy atom. The van der Waals surface area contributed by atoms with Crippen LogP contribution in [-0.4, -0.2) is 15.1 Å². The number of aromatic nitrogens is 2. The molecule has 1 N–H and O–H groups in total. The molecule has 0 unspecified atom stereocenters. The quantitative estimate of drug-likeness (QED) is 0.637. The maximum Gasteiger partial charge on any atom is 0.273 e. The van der Waals surface area contributed by atoms with Crippen LogP contribution >= 0.6 is 0 Å². The standard InChI is InChI=1S/C11H12N4O3/c1-8-13-11(18-14-8)7-12-6-9-4-2-3-5-10(9)15(16)17/h2-5,12H,6-7H2,1H3. The van der Waals surface area contributed by atoms with Crippen molar-refractivity contribution in [3.63, 3.8) is 0 Å². The Labute approximate surface area is 103 Å². The molecule has 2 rings (SSSR count). The van der Waals surface area contributed by atoms with Gasteiger partial charge in [0.05, 0.1) is 11.5 Å². The zero-order valence-corrected chi connectivity index (χ0v) is 9.79. The Balaban J connectivity index is 1.96. The molecular formula is C11H12N4O3. The van der Waals surface area contributed by atoms with Crippen LogP contribution in [0.2, 0.25) is 0 Å². The van der Waals surface area contributed by atoms with Crippen LogP contribution in [0.5, 0.6) is 0 Å². The minimum absolute atomic E-state index is 0.103. The zero-order chi connectivity index (χ0) is 13.0. The molecule has 7 heteroatoms. The first-order chi connectivity index (χ1) is 8.66. The Morgan fingerprint density at radius 3 is 2.83 bits per heavy atom. The molecule has 0 saturated heterocycles. The van der Waals surface area contributed by atoms with Gasteiger partial charge in [-0.2, -0.15) is 4.98 Å². The highest BCUT2D eigenvalue weighted by Gasteiger charge is 2.11. The predicted octanol–water partition coefficient (Wildman–Crippen LogP) is 1.58. The lowest BCUT2D eigenvalue weighted by Crippen LogP contribution is -2.14. The number of benzene rings is 1. The van der Waals surface area contributed by atoms with Gasteiger partial charge >= 0.3 is 0 Å². The van der Waals surface area contributed by atoms with Gasteiger partial charge in [-0.15, -0.1) is 0 Å². The summed E-state index contributed by atoms with van der Waals surface area (Å²) in [5, 5.41) is 17.5. The molecule has 0 aliphatic rings. The molecule has 94 valence electrons. The van der Waals surface area contributed by atoms with Crippen molar-refractivity contribution in [1.82, 2.24) is 15.5 Å². The summed E-state index contributed by atoms with van der Waals surface area (Å²) >= 11 is 0. The molecule has 1 heterocycles. The van der Waals surface area contributed by atoms with E-state index in [9.17, 15) is 10.1 Å². The molecule has 0 radical (unpaired) electrons. The topological polar surface area (TPSA) is 94.1 Å². The average molecular weight is 248 g/mol. The van der Waals surface area contributed by atoms with E-state index >= 15 is 0 Å². The van der Waals surface area contributed by atoms with E-state index < -0.39 is 4.92 Å². The van der Waals surface area contributed by atoms with Gasteiger partial charge in [-0.3, -0.25) is 10.1 Å².